The van der Waals surface area contributed by atoms with Crippen LogP contribution in [0.25, 0.3) is 21.9 Å². The van der Waals surface area contributed by atoms with Crippen molar-refractivity contribution in [3.63, 3.8) is 0 Å². The van der Waals surface area contributed by atoms with E-state index in [1.807, 2.05) is 19.9 Å². The van der Waals surface area contributed by atoms with Gasteiger partial charge in [0.1, 0.15) is 11.2 Å². The molecule has 1 atom stereocenters. The average Bonchev–Trinajstić information content (AvgIpc) is 3.19. The fourth-order valence-corrected chi connectivity index (χ4v) is 4.86. The molecule has 1 fully saturated rings. The second-order valence-corrected chi connectivity index (χ2v) is 10.2. The van der Waals surface area contributed by atoms with Crippen molar-refractivity contribution in [2.45, 2.75) is 65.7 Å². The number of carboxylic acid groups (broad SMARTS) is 1. The van der Waals surface area contributed by atoms with Crippen LogP contribution >= 0.6 is 0 Å². The third-order valence-corrected chi connectivity index (χ3v) is 6.86. The number of aryl methyl sites for hydroxylation is 2. The summed E-state index contributed by atoms with van der Waals surface area (Å²) in [7, 11) is 0. The monoisotopic (exact) mass is 453 g/mol. The Bertz CT molecular complexity index is 1310. The van der Waals surface area contributed by atoms with Crippen molar-refractivity contribution < 1.29 is 23.5 Å². The number of amides is 1. The smallest absolute Gasteiger partial charge is 0.339 e. The van der Waals surface area contributed by atoms with E-state index >= 15 is 0 Å². The largest absolute Gasteiger partial charge is 0.481 e. The highest BCUT2D eigenvalue weighted by Gasteiger charge is 2.28. The molecule has 0 radical (unpaired) electrons. The lowest BCUT2D eigenvalue weighted by Crippen LogP contribution is -2.42. The molecular formula is C26H31NO6. The molecule has 1 amide bonds. The van der Waals surface area contributed by atoms with Gasteiger partial charge in [0.25, 0.3) is 0 Å². The Hall–Kier alpha value is -3.09. The molecular weight excluding hydrogens is 422 g/mol. The van der Waals surface area contributed by atoms with Gasteiger partial charge < -0.3 is 18.8 Å². The number of nitrogens with zero attached hydrogens (tertiary/aromatic N) is 1. The Kier molecular flexibility index (Phi) is 5.85. The van der Waals surface area contributed by atoms with Gasteiger partial charge in [0, 0.05) is 47.0 Å². The van der Waals surface area contributed by atoms with Crippen LogP contribution in [0.2, 0.25) is 0 Å². The zero-order chi connectivity index (χ0) is 24.1. The number of carbonyl (C=O) groups is 2. The number of aliphatic carboxylic acids is 1. The van der Waals surface area contributed by atoms with Crippen LogP contribution in [0, 0.1) is 19.8 Å². The van der Waals surface area contributed by atoms with E-state index in [9.17, 15) is 19.5 Å². The standard InChI is InChI=1S/C26H31NO6/c1-14-17(8-9-21(28)27-10-6-7-16(12-27)24(29)30)25(31)33-23-15(2)22-19(11-18(14)23)20(13-32-22)26(3,4)5/h11,13,16H,6-10,12H2,1-5H3,(H,29,30)/t16-/m1/s1. The first-order valence-electron chi connectivity index (χ1n) is 11.5. The minimum Gasteiger partial charge on any atom is -0.481 e. The highest BCUT2D eigenvalue weighted by atomic mass is 16.4. The van der Waals surface area contributed by atoms with E-state index in [1.54, 1.807) is 11.2 Å². The Labute approximate surface area is 192 Å². The zero-order valence-corrected chi connectivity index (χ0v) is 19.9. The van der Waals surface area contributed by atoms with E-state index in [-0.39, 0.29) is 30.7 Å². The molecule has 176 valence electrons. The molecule has 1 N–H and O–H groups in total. The molecule has 3 aromatic rings. The molecule has 1 aromatic carbocycles. The summed E-state index contributed by atoms with van der Waals surface area (Å²) in [6, 6.07) is 2.02. The molecule has 7 nitrogen and oxygen atoms in total. The Balaban J connectivity index is 1.67. The van der Waals surface area contributed by atoms with Crippen LogP contribution in [0.5, 0.6) is 0 Å². The number of fused-ring (bicyclic) bond motifs is 2. The molecule has 0 unspecified atom stereocenters. The lowest BCUT2D eigenvalue weighted by molar-refractivity contribution is -0.145. The molecule has 7 heteroatoms. The summed E-state index contributed by atoms with van der Waals surface area (Å²) in [6.45, 7) is 10.9. The van der Waals surface area contributed by atoms with Crippen LogP contribution in [0.3, 0.4) is 0 Å². The summed E-state index contributed by atoms with van der Waals surface area (Å²) >= 11 is 0. The fraction of sp³-hybridized carbons (Fsp3) is 0.500. The first-order valence-corrected chi connectivity index (χ1v) is 11.5. The normalized spacial score (nSPS) is 17.1. The molecule has 0 spiro atoms. The SMILES string of the molecule is Cc1c(CCC(=O)N2CCC[C@@H](C(=O)O)C2)c(=O)oc2c(C)c3occ(C(C)(C)C)c3cc12. The van der Waals surface area contributed by atoms with Gasteiger partial charge in [-0.15, -0.1) is 0 Å². The first-order chi connectivity index (χ1) is 15.5. The van der Waals surface area contributed by atoms with Crippen molar-refractivity contribution >= 4 is 33.8 Å². The lowest BCUT2D eigenvalue weighted by Gasteiger charge is -2.30. The number of furan rings is 1. The van der Waals surface area contributed by atoms with Crippen molar-refractivity contribution in [1.29, 1.82) is 0 Å². The summed E-state index contributed by atoms with van der Waals surface area (Å²) in [5.41, 5.74) is 3.85. The Morgan fingerprint density at radius 1 is 1.15 bits per heavy atom. The van der Waals surface area contributed by atoms with Gasteiger partial charge in [0.15, 0.2) is 0 Å². The molecule has 1 aliphatic heterocycles. The van der Waals surface area contributed by atoms with E-state index < -0.39 is 17.5 Å². The Morgan fingerprint density at radius 2 is 1.88 bits per heavy atom. The summed E-state index contributed by atoms with van der Waals surface area (Å²) in [4.78, 5) is 38.5. The number of benzene rings is 1. The maximum atomic E-state index is 12.8. The summed E-state index contributed by atoms with van der Waals surface area (Å²) in [5, 5.41) is 11.1. The number of carbonyl (C=O) groups excluding carboxylic acids is 1. The second kappa shape index (κ2) is 8.36. The number of hydrogen-bond acceptors (Lipinski definition) is 5. The maximum absolute atomic E-state index is 12.8. The van der Waals surface area contributed by atoms with E-state index in [1.165, 1.54) is 0 Å². The van der Waals surface area contributed by atoms with Crippen LogP contribution in [-0.2, 0) is 21.4 Å². The number of hydrogen-bond donors (Lipinski definition) is 1. The average molecular weight is 454 g/mol. The quantitative estimate of drug-likeness (QED) is 0.574. The summed E-state index contributed by atoms with van der Waals surface area (Å²) in [5.74, 6) is -1.52. The molecule has 1 aliphatic rings. The van der Waals surface area contributed by atoms with Gasteiger partial charge in [-0.05, 0) is 50.2 Å². The lowest BCUT2D eigenvalue weighted by atomic mass is 9.86. The molecule has 2 aromatic heterocycles. The van der Waals surface area contributed by atoms with Gasteiger partial charge in [-0.1, -0.05) is 20.8 Å². The number of rotatable bonds is 4. The maximum Gasteiger partial charge on any atom is 0.339 e. The molecule has 0 aliphatic carbocycles. The first kappa shape index (κ1) is 23.1. The zero-order valence-electron chi connectivity index (χ0n) is 19.9. The van der Waals surface area contributed by atoms with Crippen molar-refractivity contribution in [2.75, 3.05) is 13.1 Å². The molecule has 0 bridgehead atoms. The molecule has 0 saturated carbocycles. The van der Waals surface area contributed by atoms with Crippen molar-refractivity contribution in [3.8, 4) is 0 Å². The Morgan fingerprint density at radius 3 is 2.55 bits per heavy atom. The van der Waals surface area contributed by atoms with Gasteiger partial charge in [-0.3, -0.25) is 9.59 Å². The summed E-state index contributed by atoms with van der Waals surface area (Å²) < 4.78 is 11.6. The third-order valence-electron chi connectivity index (χ3n) is 6.86. The molecule has 33 heavy (non-hydrogen) atoms. The second-order valence-electron chi connectivity index (χ2n) is 10.2. The van der Waals surface area contributed by atoms with Crippen molar-refractivity contribution in [2.24, 2.45) is 5.92 Å². The van der Waals surface area contributed by atoms with Gasteiger partial charge in [-0.2, -0.15) is 0 Å². The fourth-order valence-electron chi connectivity index (χ4n) is 4.86. The minimum atomic E-state index is -0.867. The number of piperidine rings is 1. The van der Waals surface area contributed by atoms with Crippen molar-refractivity contribution in [3.05, 3.63) is 45.0 Å². The molecule has 4 rings (SSSR count). The van der Waals surface area contributed by atoms with Crippen LogP contribution in [0.15, 0.2) is 26.0 Å². The van der Waals surface area contributed by atoms with E-state index in [4.69, 9.17) is 8.83 Å². The van der Waals surface area contributed by atoms with E-state index in [0.717, 1.165) is 33.0 Å². The molecule has 1 saturated heterocycles. The predicted octanol–water partition coefficient (Wildman–Crippen LogP) is 4.71. The van der Waals surface area contributed by atoms with Crippen LogP contribution in [0.4, 0.5) is 0 Å². The van der Waals surface area contributed by atoms with Gasteiger partial charge in [-0.25, -0.2) is 4.79 Å². The number of likely N-dealkylation sites (tertiary alicyclic amines) is 1. The van der Waals surface area contributed by atoms with Crippen LogP contribution in [0.1, 0.15) is 62.3 Å². The van der Waals surface area contributed by atoms with Crippen LogP contribution in [-0.4, -0.2) is 35.0 Å². The van der Waals surface area contributed by atoms with E-state index in [2.05, 4.69) is 20.8 Å². The molecule has 3 heterocycles. The van der Waals surface area contributed by atoms with Gasteiger partial charge in [0.05, 0.1) is 12.2 Å². The van der Waals surface area contributed by atoms with Crippen LogP contribution < -0.4 is 5.63 Å². The van der Waals surface area contributed by atoms with E-state index in [0.29, 0.717) is 30.5 Å². The third kappa shape index (κ3) is 4.16. The highest BCUT2D eigenvalue weighted by Crippen LogP contribution is 2.37. The van der Waals surface area contributed by atoms with Gasteiger partial charge in [0.2, 0.25) is 5.91 Å². The minimum absolute atomic E-state index is 0.105. The topological polar surface area (TPSA) is 101 Å². The summed E-state index contributed by atoms with van der Waals surface area (Å²) in [6.07, 6.45) is 3.43. The van der Waals surface area contributed by atoms with Gasteiger partial charge >= 0.3 is 11.6 Å². The predicted molar refractivity (Wildman–Crippen MR) is 126 cm³/mol. The highest BCUT2D eigenvalue weighted by molar-refractivity contribution is 6.00. The van der Waals surface area contributed by atoms with Crippen molar-refractivity contribution in [1.82, 2.24) is 4.90 Å². The number of carboxylic acids is 1.